The van der Waals surface area contributed by atoms with Gasteiger partial charge in [-0.15, -0.1) is 13.2 Å². The monoisotopic (exact) mass is 424 g/mol. The quantitative estimate of drug-likeness (QED) is 0.291. The highest BCUT2D eigenvalue weighted by atomic mass is 19.4. The van der Waals surface area contributed by atoms with Crippen LogP contribution in [0.1, 0.15) is 30.9 Å². The van der Waals surface area contributed by atoms with Crippen LogP contribution < -0.4 is 21.5 Å². The molecule has 0 radical (unpaired) electrons. The molecule has 0 saturated heterocycles. The minimum Gasteiger partial charge on any atom is -0.406 e. The lowest BCUT2D eigenvalue weighted by Gasteiger charge is -2.22. The summed E-state index contributed by atoms with van der Waals surface area (Å²) in [5, 5.41) is 10.2. The molecule has 1 amide bonds. The van der Waals surface area contributed by atoms with Crippen molar-refractivity contribution in [1.82, 2.24) is 5.32 Å². The summed E-state index contributed by atoms with van der Waals surface area (Å²) in [6, 6.07) is 4.26. The molecular weight excluding hydrogens is 406 g/mol. The lowest BCUT2D eigenvalue weighted by molar-refractivity contribution is -0.274. The van der Waals surface area contributed by atoms with Crippen molar-refractivity contribution in [2.75, 3.05) is 0 Å². The number of carbonyl (C=O) groups excluding carboxylic acids is 1. The molecule has 1 aromatic rings. The molecule has 1 saturated carbocycles. The summed E-state index contributed by atoms with van der Waals surface area (Å²) in [7, 11) is 0. The maximum absolute atomic E-state index is 12.5. The van der Waals surface area contributed by atoms with Gasteiger partial charge in [0.25, 0.3) is 5.91 Å². The van der Waals surface area contributed by atoms with Crippen LogP contribution in [0.3, 0.4) is 0 Å². The number of nitrogens with two attached hydrogens (primary N) is 2. The van der Waals surface area contributed by atoms with Crippen LogP contribution in [-0.4, -0.2) is 24.2 Å². The summed E-state index contributed by atoms with van der Waals surface area (Å²) >= 11 is 0. The highest BCUT2D eigenvalue weighted by Crippen LogP contribution is 2.42. The topological polar surface area (TPSA) is 114 Å². The van der Waals surface area contributed by atoms with Crippen molar-refractivity contribution in [2.45, 2.75) is 37.8 Å². The highest BCUT2D eigenvalue weighted by Gasteiger charge is 2.36. The summed E-state index contributed by atoms with van der Waals surface area (Å²) in [5.41, 5.74) is 9.45. The predicted molar refractivity (Wildman–Crippen MR) is 90.5 cm³/mol. The van der Waals surface area contributed by atoms with Crippen LogP contribution in [0.4, 0.5) is 26.3 Å². The van der Waals surface area contributed by atoms with Crippen LogP contribution >= 0.6 is 0 Å². The van der Waals surface area contributed by atoms with Gasteiger partial charge < -0.3 is 26.9 Å². The number of alkyl halides is 6. The van der Waals surface area contributed by atoms with Crippen LogP contribution in [0.25, 0.3) is 0 Å². The third-order valence-electron chi connectivity index (χ3n) is 4.07. The van der Waals surface area contributed by atoms with Crippen molar-refractivity contribution >= 4 is 11.6 Å². The Kier molecular flexibility index (Phi) is 6.34. The minimum atomic E-state index is -4.85. The van der Waals surface area contributed by atoms with Crippen LogP contribution in [-0.2, 0) is 4.79 Å². The Balaban J connectivity index is 2.25. The summed E-state index contributed by atoms with van der Waals surface area (Å²) in [6.07, 6.45) is -9.80. The zero-order valence-corrected chi connectivity index (χ0v) is 14.8. The van der Waals surface area contributed by atoms with Gasteiger partial charge in [0.1, 0.15) is 11.6 Å². The molecule has 1 aliphatic carbocycles. The van der Waals surface area contributed by atoms with Crippen molar-refractivity contribution in [3.05, 3.63) is 41.2 Å². The van der Waals surface area contributed by atoms with Crippen LogP contribution in [0.15, 0.2) is 35.7 Å². The molecule has 1 fully saturated rings. The Hall–Kier alpha value is -2.92. The molecule has 1 aromatic carbocycles. The van der Waals surface area contributed by atoms with E-state index in [4.69, 9.17) is 16.9 Å². The second-order valence-corrected chi connectivity index (χ2v) is 6.50. The fourth-order valence-corrected chi connectivity index (χ4v) is 2.75. The third kappa shape index (κ3) is 6.88. The minimum absolute atomic E-state index is 0.00568. The van der Waals surface area contributed by atoms with Crippen LogP contribution in [0.5, 0.6) is 5.75 Å². The van der Waals surface area contributed by atoms with Gasteiger partial charge in [-0.25, -0.2) is 0 Å². The molecule has 1 aliphatic rings. The maximum atomic E-state index is 12.5. The molecule has 1 atom stereocenters. The van der Waals surface area contributed by atoms with E-state index in [1.807, 2.05) is 0 Å². The number of amides is 1. The highest BCUT2D eigenvalue weighted by molar-refractivity contribution is 6.20. The smallest absolute Gasteiger partial charge is 0.406 e. The Labute approximate surface area is 161 Å². The summed E-state index contributed by atoms with van der Waals surface area (Å²) in [6.45, 7) is 0. The number of nitrogens with one attached hydrogen (secondary N) is 2. The van der Waals surface area contributed by atoms with E-state index < -0.39 is 53.8 Å². The standard InChI is InChI=1S/C17H18F6N4O2/c18-16(19,20)7-11(24)12(15(26)28)14(25)27-13(8-1-2-8)9-3-5-10(6-4-9)29-17(21,22)23/h3-6,8,13,24,27H,1-2,7,25H2,(H2,26,28)/b14-12+,24-11?. The molecule has 6 N–H and O–H groups in total. The zero-order chi connectivity index (χ0) is 22.0. The summed E-state index contributed by atoms with van der Waals surface area (Å²) in [5.74, 6) is -2.25. The van der Waals surface area contributed by atoms with Crippen LogP contribution in [0, 0.1) is 11.3 Å². The van der Waals surface area contributed by atoms with Crippen LogP contribution in [0.2, 0.25) is 0 Å². The molecule has 6 nitrogen and oxygen atoms in total. The molecule has 0 bridgehead atoms. The van der Waals surface area contributed by atoms with Crippen molar-refractivity contribution < 1.29 is 35.9 Å². The Morgan fingerprint density at radius 2 is 1.69 bits per heavy atom. The van der Waals surface area contributed by atoms with Gasteiger partial charge >= 0.3 is 12.5 Å². The number of ether oxygens (including phenoxy) is 1. The van der Waals surface area contributed by atoms with E-state index in [-0.39, 0.29) is 5.92 Å². The number of halogens is 6. The maximum Gasteiger partial charge on any atom is 0.573 e. The number of hydrogen-bond donors (Lipinski definition) is 4. The van der Waals surface area contributed by atoms with E-state index >= 15 is 0 Å². The first kappa shape index (κ1) is 22.4. The third-order valence-corrected chi connectivity index (χ3v) is 4.07. The van der Waals surface area contributed by atoms with Crippen molar-refractivity contribution in [3.8, 4) is 5.75 Å². The molecule has 0 heterocycles. The van der Waals surface area contributed by atoms with Gasteiger partial charge in [-0.2, -0.15) is 13.2 Å². The average Bonchev–Trinajstić information content (AvgIpc) is 3.34. The number of rotatable bonds is 8. The average molecular weight is 424 g/mol. The molecule has 12 heteroatoms. The van der Waals surface area contributed by atoms with Crippen molar-refractivity contribution in [3.63, 3.8) is 0 Å². The normalized spacial score (nSPS) is 16.6. The first-order valence-corrected chi connectivity index (χ1v) is 8.33. The van der Waals surface area contributed by atoms with E-state index in [1.165, 1.54) is 12.1 Å². The summed E-state index contributed by atoms with van der Waals surface area (Å²) in [4.78, 5) is 11.6. The number of primary amides is 1. The SMILES string of the molecule is N=C(CC(F)(F)F)/C(C(N)=O)=C(/N)NC(c1ccc(OC(F)(F)F)cc1)C1CC1. The number of hydrogen-bond acceptors (Lipinski definition) is 5. The van der Waals surface area contributed by atoms with E-state index in [1.54, 1.807) is 0 Å². The molecule has 1 unspecified atom stereocenters. The molecule has 0 spiro atoms. The van der Waals surface area contributed by atoms with E-state index in [2.05, 4.69) is 10.1 Å². The lowest BCUT2D eigenvalue weighted by atomic mass is 10.0. The van der Waals surface area contributed by atoms with Gasteiger partial charge in [0.2, 0.25) is 0 Å². The van der Waals surface area contributed by atoms with Gasteiger partial charge in [-0.05, 0) is 36.5 Å². The number of carbonyl (C=O) groups is 1. The van der Waals surface area contributed by atoms with E-state index in [9.17, 15) is 31.1 Å². The largest absolute Gasteiger partial charge is 0.573 e. The summed E-state index contributed by atoms with van der Waals surface area (Å²) < 4.78 is 78.2. The van der Waals surface area contributed by atoms with Crippen molar-refractivity contribution in [2.24, 2.45) is 17.4 Å². The van der Waals surface area contributed by atoms with E-state index in [0.29, 0.717) is 5.56 Å². The van der Waals surface area contributed by atoms with Gasteiger partial charge in [-0.1, -0.05) is 12.1 Å². The second kappa shape index (κ2) is 8.21. The van der Waals surface area contributed by atoms with Gasteiger partial charge in [0.15, 0.2) is 0 Å². The van der Waals surface area contributed by atoms with Gasteiger partial charge in [0, 0.05) is 0 Å². The zero-order valence-electron chi connectivity index (χ0n) is 14.8. The molecule has 2 rings (SSSR count). The molecule has 160 valence electrons. The number of benzene rings is 1. The fraction of sp³-hybridized carbons (Fsp3) is 0.412. The van der Waals surface area contributed by atoms with Gasteiger partial charge in [-0.3, -0.25) is 4.79 Å². The molecule has 0 aliphatic heterocycles. The molecular formula is C17H18F6N4O2. The Morgan fingerprint density at radius 3 is 2.10 bits per heavy atom. The predicted octanol–water partition coefficient (Wildman–Crippen LogP) is 3.25. The van der Waals surface area contributed by atoms with Gasteiger partial charge in [0.05, 0.1) is 23.7 Å². The molecule has 29 heavy (non-hydrogen) atoms. The Morgan fingerprint density at radius 1 is 1.14 bits per heavy atom. The lowest BCUT2D eigenvalue weighted by Crippen LogP contribution is -2.35. The van der Waals surface area contributed by atoms with Crippen molar-refractivity contribution in [1.29, 1.82) is 5.41 Å². The first-order valence-electron chi connectivity index (χ1n) is 8.33. The molecule has 0 aromatic heterocycles. The Bertz CT molecular complexity index is 798. The second-order valence-electron chi connectivity index (χ2n) is 6.50. The first-order chi connectivity index (χ1) is 13.3. The van der Waals surface area contributed by atoms with E-state index in [0.717, 1.165) is 25.0 Å². The fourth-order valence-electron chi connectivity index (χ4n) is 2.75.